The third-order valence-corrected chi connectivity index (χ3v) is 14.6. The SMILES string of the molecule is CC(=O)C=C(C)O.CC(=O)C=C(C)O.Cc1c[c-]c(-c2ccc(-c3ccccc3)cn2)c(C)c1.Cc1c[c-]c(-c2ccc(-c3ccccc3)cn2)c(C)c1.Cc1cc(C)cc(-c2ccc(-c3[c-]cccc3)nc2)c1.Cc1cc(C)cc(-c2ccc(-c3[c-]cccc3C)nc2)c1.[Ir].[Ir].[Ir].[Ir]. The molecule has 0 unspecified atom stereocenters. The molecule has 514 valence electrons. The van der Waals surface area contributed by atoms with Crippen molar-refractivity contribution in [2.75, 3.05) is 0 Å². The Morgan fingerprint density at radius 1 is 0.313 bits per heavy atom. The van der Waals surface area contributed by atoms with E-state index >= 15 is 0 Å². The Morgan fingerprint density at radius 3 is 0.939 bits per heavy atom. The normalized spacial score (nSPS) is 10.2. The summed E-state index contributed by atoms with van der Waals surface area (Å²) in [5.41, 5.74) is 28.7. The molecule has 8 nitrogen and oxygen atoms in total. The predicted molar refractivity (Wildman–Crippen MR) is 393 cm³/mol. The van der Waals surface area contributed by atoms with Crippen molar-refractivity contribution in [1.82, 2.24) is 19.9 Å². The van der Waals surface area contributed by atoms with E-state index in [2.05, 4.69) is 234 Å². The van der Waals surface area contributed by atoms with Crippen LogP contribution in [0, 0.1) is 86.6 Å². The molecule has 12 heteroatoms. The molecule has 4 heterocycles. The zero-order chi connectivity index (χ0) is 68.4. The summed E-state index contributed by atoms with van der Waals surface area (Å²) in [6, 6.07) is 85.9. The fourth-order valence-corrected chi connectivity index (χ4v) is 10.4. The first-order chi connectivity index (χ1) is 45.6. The monoisotopic (exact) mass is 2020 g/mol. The molecule has 4 aromatic heterocycles. The summed E-state index contributed by atoms with van der Waals surface area (Å²) >= 11 is 0. The molecule has 12 rings (SSSR count). The molecule has 0 aliphatic heterocycles. The maximum atomic E-state index is 10.0. The molecular formula is C87H82Ir4N4O4-4. The van der Waals surface area contributed by atoms with E-state index in [0.717, 1.165) is 67.3 Å². The van der Waals surface area contributed by atoms with Crippen molar-refractivity contribution in [3.63, 3.8) is 0 Å². The van der Waals surface area contributed by atoms with Crippen molar-refractivity contribution in [3.05, 3.63) is 335 Å². The standard InChI is InChI=1S/C20H18N.3C19H16N.2C5H8O2.4Ir/c1-14-10-15(2)12-18(11-14)17-8-9-20(21-13-17)19-7-5-4-6-16(19)3;2*1-14-8-10-18(15(2)12-14)19-11-9-17(13-20-19)16-6-4-3-5-7-16;1-14-10-15(2)12-18(11-14)17-8-9-19(20-13-17)16-6-4-3-5-7-16;2*1-4(6)3-5(2)7;;;;/h4-6,8-13H,1-3H3;2*3-9,11-13H,1-2H3;3-6,8-13H,1-2H3;2*3,6H,1-2H3;;;;/q4*-1;;;;;;. The van der Waals surface area contributed by atoms with Gasteiger partial charge in [-0.2, -0.15) is 0 Å². The Hall–Kier alpha value is -8.62. The summed E-state index contributed by atoms with van der Waals surface area (Å²) in [6.07, 6.45) is 10.1. The first-order valence-corrected chi connectivity index (χ1v) is 31.4. The number of aliphatic hydroxyl groups is 2. The van der Waals surface area contributed by atoms with Gasteiger partial charge in [-0.05, 0) is 123 Å². The van der Waals surface area contributed by atoms with Crippen LogP contribution < -0.4 is 0 Å². The third kappa shape index (κ3) is 27.9. The maximum absolute atomic E-state index is 10.0. The number of aromatic nitrogens is 4. The van der Waals surface area contributed by atoms with Gasteiger partial charge in [0.2, 0.25) is 0 Å². The van der Waals surface area contributed by atoms with Gasteiger partial charge >= 0.3 is 0 Å². The van der Waals surface area contributed by atoms with E-state index in [4.69, 9.17) is 10.2 Å². The minimum Gasteiger partial charge on any atom is -0.512 e. The number of pyridine rings is 4. The molecule has 0 amide bonds. The molecule has 12 aromatic rings. The molecule has 0 saturated carbocycles. The van der Waals surface area contributed by atoms with Crippen LogP contribution in [0.2, 0.25) is 0 Å². The average Bonchev–Trinajstić information content (AvgIpc) is 0.846. The van der Waals surface area contributed by atoms with E-state index in [1.165, 1.54) is 112 Å². The van der Waals surface area contributed by atoms with Crippen LogP contribution in [0.5, 0.6) is 0 Å². The number of aryl methyl sites for hydroxylation is 9. The van der Waals surface area contributed by atoms with E-state index in [0.29, 0.717) is 0 Å². The van der Waals surface area contributed by atoms with Crippen molar-refractivity contribution in [1.29, 1.82) is 0 Å². The fourth-order valence-electron chi connectivity index (χ4n) is 10.4. The summed E-state index contributed by atoms with van der Waals surface area (Å²) in [5.74, 6) is -0.125. The van der Waals surface area contributed by atoms with Gasteiger partial charge in [0.25, 0.3) is 0 Å². The number of hydrogen-bond donors (Lipinski definition) is 2. The van der Waals surface area contributed by atoms with E-state index in [1.54, 1.807) is 0 Å². The third-order valence-electron chi connectivity index (χ3n) is 14.6. The van der Waals surface area contributed by atoms with Crippen LogP contribution in [0.1, 0.15) is 77.8 Å². The van der Waals surface area contributed by atoms with Gasteiger partial charge in [-0.1, -0.05) is 202 Å². The summed E-state index contributed by atoms with van der Waals surface area (Å²) in [5, 5.41) is 16.7. The molecule has 0 aliphatic carbocycles. The summed E-state index contributed by atoms with van der Waals surface area (Å²) in [4.78, 5) is 38.4. The van der Waals surface area contributed by atoms with Crippen LogP contribution in [0.15, 0.2) is 261 Å². The van der Waals surface area contributed by atoms with Gasteiger partial charge in [-0.15, -0.1) is 141 Å². The Bertz CT molecular complexity index is 4320. The maximum Gasteiger partial charge on any atom is 0.155 e. The minimum atomic E-state index is -0.125. The van der Waals surface area contributed by atoms with E-state index in [9.17, 15) is 9.59 Å². The van der Waals surface area contributed by atoms with Gasteiger partial charge in [0.15, 0.2) is 11.6 Å². The van der Waals surface area contributed by atoms with Crippen molar-refractivity contribution in [3.8, 4) is 89.5 Å². The van der Waals surface area contributed by atoms with Gasteiger partial charge in [0.05, 0.1) is 11.5 Å². The molecule has 0 spiro atoms. The number of carbonyl (C=O) groups excluding carboxylic acids is 2. The van der Waals surface area contributed by atoms with Gasteiger partial charge < -0.3 is 30.1 Å². The number of nitrogens with zero attached hydrogens (tertiary/aromatic N) is 4. The largest absolute Gasteiger partial charge is 0.512 e. The number of allylic oxidation sites excluding steroid dienone is 4. The number of aliphatic hydroxyl groups excluding tert-OH is 2. The second-order valence-corrected chi connectivity index (χ2v) is 23.5. The first-order valence-electron chi connectivity index (χ1n) is 31.4. The molecule has 0 bridgehead atoms. The number of ketones is 2. The number of carbonyl (C=O) groups is 2. The topological polar surface area (TPSA) is 126 Å². The molecule has 0 atom stereocenters. The Balaban J connectivity index is 0.000000318. The van der Waals surface area contributed by atoms with Crippen LogP contribution in [-0.4, -0.2) is 41.7 Å². The van der Waals surface area contributed by atoms with Crippen molar-refractivity contribution in [2.24, 2.45) is 0 Å². The summed E-state index contributed by atoms with van der Waals surface area (Å²) in [6.45, 7) is 24.7. The zero-order valence-corrected chi connectivity index (χ0v) is 67.6. The average molecular weight is 2020 g/mol. The van der Waals surface area contributed by atoms with Crippen molar-refractivity contribution < 1.29 is 100 Å². The molecule has 0 aliphatic rings. The number of hydrogen-bond acceptors (Lipinski definition) is 8. The summed E-state index contributed by atoms with van der Waals surface area (Å²) in [7, 11) is 0. The molecular weight excluding hydrogens is 1930 g/mol. The van der Waals surface area contributed by atoms with Gasteiger partial charge in [0, 0.05) is 117 Å². The second-order valence-electron chi connectivity index (χ2n) is 23.5. The van der Waals surface area contributed by atoms with Gasteiger partial charge in [0.1, 0.15) is 0 Å². The predicted octanol–water partition coefficient (Wildman–Crippen LogP) is 21.7. The number of rotatable bonds is 10. The van der Waals surface area contributed by atoms with Crippen LogP contribution in [-0.2, 0) is 90.0 Å². The quantitative estimate of drug-likeness (QED) is 0.0788. The summed E-state index contributed by atoms with van der Waals surface area (Å²) < 4.78 is 0. The molecule has 2 N–H and O–H groups in total. The number of benzene rings is 8. The second kappa shape index (κ2) is 43.0. The van der Waals surface area contributed by atoms with E-state index in [-0.39, 0.29) is 104 Å². The van der Waals surface area contributed by atoms with Gasteiger partial charge in [-0.3, -0.25) is 9.59 Å². The van der Waals surface area contributed by atoms with Gasteiger partial charge in [-0.25, -0.2) is 0 Å². The molecule has 0 fully saturated rings. The smallest absolute Gasteiger partial charge is 0.155 e. The van der Waals surface area contributed by atoms with Crippen molar-refractivity contribution >= 4 is 11.6 Å². The van der Waals surface area contributed by atoms with Crippen LogP contribution in [0.4, 0.5) is 0 Å². The fraction of sp³-hybridized carbons (Fsp3) is 0.149. The minimum absolute atomic E-state index is 0. The van der Waals surface area contributed by atoms with E-state index < -0.39 is 0 Å². The Labute approximate surface area is 640 Å². The molecule has 99 heavy (non-hydrogen) atoms. The van der Waals surface area contributed by atoms with Crippen LogP contribution >= 0.6 is 0 Å². The van der Waals surface area contributed by atoms with Crippen LogP contribution in [0.3, 0.4) is 0 Å². The van der Waals surface area contributed by atoms with E-state index in [1.807, 2.05) is 110 Å². The molecule has 0 saturated heterocycles. The Morgan fingerprint density at radius 2 is 0.646 bits per heavy atom. The molecule has 8 aromatic carbocycles. The van der Waals surface area contributed by atoms with Crippen molar-refractivity contribution in [2.45, 2.75) is 90.0 Å². The molecule has 4 radical (unpaired) electrons. The zero-order valence-electron chi connectivity index (χ0n) is 58.0. The first kappa shape index (κ1) is 84.6. The van der Waals surface area contributed by atoms with Crippen LogP contribution in [0.25, 0.3) is 89.5 Å². The Kier molecular flexibility index (Phi) is 36.8.